The van der Waals surface area contributed by atoms with Gasteiger partial charge in [-0.05, 0) is 56.8 Å². The van der Waals surface area contributed by atoms with Crippen LogP contribution in [0.25, 0.3) is 0 Å². The fraction of sp³-hybridized carbons (Fsp3) is 0.714. The van der Waals surface area contributed by atoms with Crippen LogP contribution in [0.4, 0.5) is 0 Å². The first kappa shape index (κ1) is 13.1. The lowest BCUT2D eigenvalue weighted by Crippen LogP contribution is -2.45. The molecule has 0 aliphatic carbocycles. The number of likely N-dealkylation sites (tertiary alicyclic amines) is 1. The molecule has 1 aromatic rings. The van der Waals surface area contributed by atoms with Gasteiger partial charge in [0.15, 0.2) is 0 Å². The second kappa shape index (κ2) is 5.98. The van der Waals surface area contributed by atoms with Crippen molar-refractivity contribution in [3.63, 3.8) is 0 Å². The molecule has 0 spiro atoms. The highest BCUT2D eigenvalue weighted by atomic mass is 32.1. The first-order valence-electron chi connectivity index (χ1n) is 6.69. The maximum Gasteiger partial charge on any atom is 0.0305 e. The highest BCUT2D eigenvalue weighted by Crippen LogP contribution is 2.19. The van der Waals surface area contributed by atoms with Gasteiger partial charge < -0.3 is 10.2 Å². The van der Waals surface area contributed by atoms with Gasteiger partial charge in [-0.2, -0.15) is 0 Å². The smallest absolute Gasteiger partial charge is 0.0305 e. The minimum absolute atomic E-state index is 0.702. The van der Waals surface area contributed by atoms with Crippen LogP contribution >= 0.6 is 11.3 Å². The topological polar surface area (TPSA) is 15.3 Å². The molecule has 1 saturated heterocycles. The molecule has 3 heteroatoms. The van der Waals surface area contributed by atoms with Gasteiger partial charge in [-0.1, -0.05) is 6.92 Å². The van der Waals surface area contributed by atoms with Gasteiger partial charge >= 0.3 is 0 Å². The van der Waals surface area contributed by atoms with Gasteiger partial charge in [-0.3, -0.25) is 0 Å². The van der Waals surface area contributed by atoms with Crippen LogP contribution in [0.1, 0.15) is 37.1 Å². The van der Waals surface area contributed by atoms with Gasteiger partial charge in [0.2, 0.25) is 0 Å². The van der Waals surface area contributed by atoms with Crippen molar-refractivity contribution in [1.29, 1.82) is 0 Å². The van der Waals surface area contributed by atoms with Crippen LogP contribution in [0.15, 0.2) is 11.4 Å². The molecule has 17 heavy (non-hydrogen) atoms. The van der Waals surface area contributed by atoms with Crippen LogP contribution in [-0.2, 0) is 13.0 Å². The largest absolute Gasteiger partial charge is 0.309 e. The number of hydrogen-bond acceptors (Lipinski definition) is 3. The predicted octanol–water partition coefficient (Wildman–Crippen LogP) is 2.88. The van der Waals surface area contributed by atoms with Crippen LogP contribution in [0.3, 0.4) is 0 Å². The summed E-state index contributed by atoms with van der Waals surface area (Å²) < 4.78 is 0. The molecule has 0 amide bonds. The maximum absolute atomic E-state index is 3.73. The van der Waals surface area contributed by atoms with E-state index in [0.717, 1.165) is 19.0 Å². The quantitative estimate of drug-likeness (QED) is 0.886. The average molecular weight is 252 g/mol. The van der Waals surface area contributed by atoms with Gasteiger partial charge in [0.1, 0.15) is 0 Å². The molecule has 2 rings (SSSR count). The third-order valence-electron chi connectivity index (χ3n) is 3.98. The van der Waals surface area contributed by atoms with Gasteiger partial charge in [0.05, 0.1) is 0 Å². The Balaban J connectivity index is 1.82. The molecule has 1 fully saturated rings. The lowest BCUT2D eigenvalue weighted by molar-refractivity contribution is 0.168. The van der Waals surface area contributed by atoms with Crippen molar-refractivity contribution in [3.8, 4) is 0 Å². The highest BCUT2D eigenvalue weighted by molar-refractivity contribution is 7.10. The number of rotatable bonds is 4. The molecule has 2 unspecified atom stereocenters. The molecule has 96 valence electrons. The van der Waals surface area contributed by atoms with Crippen LogP contribution in [0.2, 0.25) is 0 Å². The SMILES string of the molecule is CCc1ccsc1CNC1CCN(C)C(C)C1. The predicted molar refractivity (Wildman–Crippen MR) is 75.7 cm³/mol. The number of aryl methyl sites for hydroxylation is 1. The maximum atomic E-state index is 3.73. The number of thiophene rings is 1. The Bertz CT molecular complexity index is 348. The summed E-state index contributed by atoms with van der Waals surface area (Å²) in [5, 5.41) is 5.95. The third-order valence-corrected chi connectivity index (χ3v) is 4.94. The third kappa shape index (κ3) is 3.30. The van der Waals surface area contributed by atoms with Crippen molar-refractivity contribution in [2.45, 2.75) is 51.7 Å². The summed E-state index contributed by atoms with van der Waals surface area (Å²) >= 11 is 1.89. The molecular formula is C14H24N2S. The molecule has 2 nitrogen and oxygen atoms in total. The summed E-state index contributed by atoms with van der Waals surface area (Å²) in [5.41, 5.74) is 1.52. The van der Waals surface area contributed by atoms with E-state index in [2.05, 4.69) is 42.6 Å². The van der Waals surface area contributed by atoms with Crippen LogP contribution in [0, 0.1) is 0 Å². The van der Waals surface area contributed by atoms with E-state index in [0.29, 0.717) is 6.04 Å². The van der Waals surface area contributed by atoms with Crippen molar-refractivity contribution in [1.82, 2.24) is 10.2 Å². The fourth-order valence-corrected chi connectivity index (χ4v) is 3.48. The highest BCUT2D eigenvalue weighted by Gasteiger charge is 2.22. The van der Waals surface area contributed by atoms with Crippen molar-refractivity contribution < 1.29 is 0 Å². The van der Waals surface area contributed by atoms with Crippen LogP contribution in [0.5, 0.6) is 0 Å². The summed E-state index contributed by atoms with van der Waals surface area (Å²) in [6, 6.07) is 3.68. The molecular weight excluding hydrogens is 228 g/mol. The summed E-state index contributed by atoms with van der Waals surface area (Å²) in [6.45, 7) is 6.85. The Morgan fingerprint density at radius 1 is 1.53 bits per heavy atom. The minimum Gasteiger partial charge on any atom is -0.309 e. The number of hydrogen-bond donors (Lipinski definition) is 1. The summed E-state index contributed by atoms with van der Waals surface area (Å²) in [6.07, 6.45) is 3.72. The molecule has 1 aliphatic heterocycles. The average Bonchev–Trinajstić information content (AvgIpc) is 2.78. The lowest BCUT2D eigenvalue weighted by atomic mass is 9.99. The number of nitrogens with one attached hydrogen (secondary N) is 1. The van der Waals surface area contributed by atoms with Crippen molar-refractivity contribution >= 4 is 11.3 Å². The first-order valence-corrected chi connectivity index (χ1v) is 7.57. The fourth-order valence-electron chi connectivity index (χ4n) is 2.55. The summed E-state index contributed by atoms with van der Waals surface area (Å²) in [4.78, 5) is 3.99. The molecule has 2 atom stereocenters. The van der Waals surface area contributed by atoms with E-state index < -0.39 is 0 Å². The van der Waals surface area contributed by atoms with E-state index in [1.54, 1.807) is 0 Å². The van der Waals surface area contributed by atoms with E-state index in [-0.39, 0.29) is 0 Å². The van der Waals surface area contributed by atoms with E-state index in [1.165, 1.54) is 29.8 Å². The van der Waals surface area contributed by atoms with Gasteiger partial charge in [0, 0.05) is 23.5 Å². The molecule has 1 N–H and O–H groups in total. The lowest BCUT2D eigenvalue weighted by Gasteiger charge is -2.35. The molecule has 0 radical (unpaired) electrons. The van der Waals surface area contributed by atoms with E-state index >= 15 is 0 Å². The number of nitrogens with zero attached hydrogens (tertiary/aromatic N) is 1. The van der Waals surface area contributed by atoms with Gasteiger partial charge in [0.25, 0.3) is 0 Å². The van der Waals surface area contributed by atoms with E-state index in [1.807, 2.05) is 11.3 Å². The molecule has 2 heterocycles. The molecule has 1 aromatic heterocycles. The van der Waals surface area contributed by atoms with Crippen molar-refractivity contribution in [2.24, 2.45) is 0 Å². The second-order valence-corrected chi connectivity index (χ2v) is 6.16. The molecule has 0 aromatic carbocycles. The number of piperidine rings is 1. The minimum atomic E-state index is 0.702. The van der Waals surface area contributed by atoms with E-state index in [4.69, 9.17) is 0 Å². The first-order chi connectivity index (χ1) is 8.20. The van der Waals surface area contributed by atoms with Crippen molar-refractivity contribution in [2.75, 3.05) is 13.6 Å². The van der Waals surface area contributed by atoms with Crippen LogP contribution in [-0.4, -0.2) is 30.6 Å². The second-order valence-electron chi connectivity index (χ2n) is 5.15. The zero-order chi connectivity index (χ0) is 12.3. The Hall–Kier alpha value is -0.380. The summed E-state index contributed by atoms with van der Waals surface area (Å²) in [7, 11) is 2.23. The summed E-state index contributed by atoms with van der Waals surface area (Å²) in [5.74, 6) is 0. The molecule has 0 bridgehead atoms. The van der Waals surface area contributed by atoms with Crippen LogP contribution < -0.4 is 5.32 Å². The Morgan fingerprint density at radius 3 is 3.06 bits per heavy atom. The van der Waals surface area contributed by atoms with Crippen molar-refractivity contribution in [3.05, 3.63) is 21.9 Å². The zero-order valence-electron chi connectivity index (χ0n) is 11.2. The van der Waals surface area contributed by atoms with Gasteiger partial charge in [-0.15, -0.1) is 11.3 Å². The van der Waals surface area contributed by atoms with Gasteiger partial charge in [-0.25, -0.2) is 0 Å². The monoisotopic (exact) mass is 252 g/mol. The normalized spacial score (nSPS) is 26.3. The van der Waals surface area contributed by atoms with E-state index in [9.17, 15) is 0 Å². The Morgan fingerprint density at radius 2 is 2.35 bits per heavy atom. The standard InChI is InChI=1S/C14H24N2S/c1-4-12-6-8-17-14(12)10-15-13-5-7-16(3)11(2)9-13/h6,8,11,13,15H,4-5,7,9-10H2,1-3H3. The molecule has 0 saturated carbocycles. The Labute approximate surface area is 109 Å². The zero-order valence-corrected chi connectivity index (χ0v) is 12.0. The molecule has 1 aliphatic rings. The Kier molecular flexibility index (Phi) is 4.60.